The molecule has 5 heteroatoms. The molecular weight excluding hydrogens is 218 g/mol. The van der Waals surface area contributed by atoms with Crippen LogP contribution in [-0.2, 0) is 9.59 Å². The minimum Gasteiger partial charge on any atom is -0.328 e. The highest BCUT2D eigenvalue weighted by Gasteiger charge is 2.31. The van der Waals surface area contributed by atoms with Crippen molar-refractivity contribution in [2.45, 2.75) is 32.2 Å². The average molecular weight is 239 g/mol. The van der Waals surface area contributed by atoms with E-state index in [9.17, 15) is 9.59 Å². The van der Waals surface area contributed by atoms with Crippen molar-refractivity contribution in [1.82, 2.24) is 9.80 Å². The first-order chi connectivity index (χ1) is 8.08. The molecule has 96 valence electrons. The topological polar surface area (TPSA) is 66.6 Å². The summed E-state index contributed by atoms with van der Waals surface area (Å²) in [6.07, 6.45) is 2.39. The van der Waals surface area contributed by atoms with Crippen molar-refractivity contribution < 1.29 is 9.59 Å². The van der Waals surface area contributed by atoms with E-state index >= 15 is 0 Å². The molecule has 0 aromatic rings. The van der Waals surface area contributed by atoms with Gasteiger partial charge in [0.05, 0.1) is 6.54 Å². The summed E-state index contributed by atoms with van der Waals surface area (Å²) in [7, 11) is 0. The molecule has 0 saturated carbocycles. The fourth-order valence-corrected chi connectivity index (χ4v) is 2.62. The van der Waals surface area contributed by atoms with E-state index < -0.39 is 0 Å². The molecule has 0 radical (unpaired) electrons. The van der Waals surface area contributed by atoms with Gasteiger partial charge in [-0.3, -0.25) is 19.4 Å². The highest BCUT2D eigenvalue weighted by Crippen LogP contribution is 2.19. The molecule has 0 aliphatic carbocycles. The quantitative estimate of drug-likeness (QED) is 0.741. The highest BCUT2D eigenvalue weighted by molar-refractivity contribution is 5.97. The zero-order valence-electron chi connectivity index (χ0n) is 10.4. The predicted molar refractivity (Wildman–Crippen MR) is 64.2 cm³/mol. The molecule has 2 aliphatic heterocycles. The van der Waals surface area contributed by atoms with Crippen LogP contribution in [0.15, 0.2) is 0 Å². The summed E-state index contributed by atoms with van der Waals surface area (Å²) in [6, 6.07) is 0.184. The van der Waals surface area contributed by atoms with Crippen LogP contribution in [0.4, 0.5) is 0 Å². The molecule has 2 amide bonds. The largest absolute Gasteiger partial charge is 0.328 e. The summed E-state index contributed by atoms with van der Waals surface area (Å²) in [5, 5.41) is 0. The van der Waals surface area contributed by atoms with Crippen molar-refractivity contribution in [2.24, 2.45) is 11.7 Å². The fraction of sp³-hybridized carbons (Fsp3) is 0.833. The van der Waals surface area contributed by atoms with E-state index in [1.54, 1.807) is 0 Å². The van der Waals surface area contributed by atoms with Gasteiger partial charge >= 0.3 is 0 Å². The summed E-state index contributed by atoms with van der Waals surface area (Å²) in [6.45, 7) is 4.78. The minimum absolute atomic E-state index is 0.0158. The van der Waals surface area contributed by atoms with Gasteiger partial charge in [-0.15, -0.1) is 0 Å². The Hall–Kier alpha value is -0.940. The molecule has 5 nitrogen and oxygen atoms in total. The van der Waals surface area contributed by atoms with Gasteiger partial charge in [0.25, 0.3) is 0 Å². The number of nitrogens with two attached hydrogens (primary N) is 1. The maximum atomic E-state index is 11.9. The van der Waals surface area contributed by atoms with Gasteiger partial charge in [0.1, 0.15) is 0 Å². The maximum Gasteiger partial charge on any atom is 0.243 e. The number of hydrogen-bond acceptors (Lipinski definition) is 4. The van der Waals surface area contributed by atoms with Gasteiger partial charge in [0.15, 0.2) is 0 Å². The number of carbonyl (C=O) groups is 2. The average Bonchev–Trinajstić information content (AvgIpc) is 2.86. The number of rotatable bonds is 3. The van der Waals surface area contributed by atoms with Crippen LogP contribution in [0.25, 0.3) is 0 Å². The Balaban J connectivity index is 1.82. The molecule has 17 heavy (non-hydrogen) atoms. The molecule has 0 spiro atoms. The zero-order valence-corrected chi connectivity index (χ0v) is 10.4. The number of nitrogens with zero attached hydrogens (tertiary/aromatic N) is 2. The fourth-order valence-electron chi connectivity index (χ4n) is 2.62. The van der Waals surface area contributed by atoms with E-state index in [0.29, 0.717) is 25.4 Å². The second kappa shape index (κ2) is 5.14. The number of likely N-dealkylation sites (tertiary alicyclic amines) is 2. The zero-order chi connectivity index (χ0) is 12.4. The smallest absolute Gasteiger partial charge is 0.243 e. The Morgan fingerprint density at radius 3 is 2.82 bits per heavy atom. The monoisotopic (exact) mass is 239 g/mol. The van der Waals surface area contributed by atoms with Crippen LogP contribution in [0.5, 0.6) is 0 Å². The molecule has 2 atom stereocenters. The van der Waals surface area contributed by atoms with Gasteiger partial charge in [-0.25, -0.2) is 0 Å². The van der Waals surface area contributed by atoms with Crippen LogP contribution in [0, 0.1) is 5.92 Å². The third-order valence-corrected chi connectivity index (χ3v) is 3.79. The minimum atomic E-state index is -0.0437. The van der Waals surface area contributed by atoms with Gasteiger partial charge < -0.3 is 5.73 Å². The van der Waals surface area contributed by atoms with Gasteiger partial charge in [-0.1, -0.05) is 0 Å². The molecule has 2 fully saturated rings. The molecule has 2 unspecified atom stereocenters. The van der Waals surface area contributed by atoms with Crippen molar-refractivity contribution in [1.29, 1.82) is 0 Å². The number of imide groups is 1. The van der Waals surface area contributed by atoms with Crippen LogP contribution in [-0.4, -0.2) is 53.8 Å². The third kappa shape index (κ3) is 2.84. The van der Waals surface area contributed by atoms with E-state index in [1.807, 2.05) is 6.92 Å². The van der Waals surface area contributed by atoms with E-state index in [2.05, 4.69) is 4.90 Å². The van der Waals surface area contributed by atoms with Crippen molar-refractivity contribution in [3.8, 4) is 0 Å². The van der Waals surface area contributed by atoms with E-state index in [1.165, 1.54) is 4.90 Å². The molecular formula is C12H21N3O2. The molecule has 0 aromatic heterocycles. The number of amides is 2. The van der Waals surface area contributed by atoms with Crippen molar-refractivity contribution in [3.05, 3.63) is 0 Å². The summed E-state index contributed by atoms with van der Waals surface area (Å²) < 4.78 is 0. The first-order valence-electron chi connectivity index (χ1n) is 6.39. The van der Waals surface area contributed by atoms with Gasteiger partial charge in [0, 0.05) is 25.6 Å². The lowest BCUT2D eigenvalue weighted by Gasteiger charge is -2.20. The van der Waals surface area contributed by atoms with Crippen LogP contribution >= 0.6 is 0 Å². The predicted octanol–water partition coefficient (Wildman–Crippen LogP) is -0.195. The summed E-state index contributed by atoms with van der Waals surface area (Å²) >= 11 is 0. The standard InChI is InChI=1S/C12H21N3O2/c1-9(13)10-4-6-14(7-10)8-12(17)15-5-2-3-11(15)16/h9-10H,2-8,13H2,1H3. The van der Waals surface area contributed by atoms with Crippen LogP contribution < -0.4 is 5.73 Å². The third-order valence-electron chi connectivity index (χ3n) is 3.79. The highest BCUT2D eigenvalue weighted by atomic mass is 16.2. The van der Waals surface area contributed by atoms with Crippen LogP contribution in [0.3, 0.4) is 0 Å². The Morgan fingerprint density at radius 1 is 1.53 bits per heavy atom. The van der Waals surface area contributed by atoms with Gasteiger partial charge in [-0.05, 0) is 32.2 Å². The Kier molecular flexibility index (Phi) is 3.79. The SMILES string of the molecule is CC(N)C1CCN(CC(=O)N2CCCC2=O)C1. The van der Waals surface area contributed by atoms with E-state index in [-0.39, 0.29) is 17.9 Å². The molecule has 2 aliphatic rings. The first kappa shape index (κ1) is 12.5. The van der Waals surface area contributed by atoms with Crippen molar-refractivity contribution >= 4 is 11.8 Å². The Bertz CT molecular complexity index is 317. The normalized spacial score (nSPS) is 27.8. The molecule has 2 saturated heterocycles. The Labute approximate surface area is 102 Å². The molecule has 0 bridgehead atoms. The van der Waals surface area contributed by atoms with Crippen LogP contribution in [0.2, 0.25) is 0 Å². The lowest BCUT2D eigenvalue weighted by atomic mass is 10.0. The van der Waals surface area contributed by atoms with E-state index in [4.69, 9.17) is 5.73 Å². The van der Waals surface area contributed by atoms with E-state index in [0.717, 1.165) is 25.9 Å². The molecule has 0 aromatic carbocycles. The maximum absolute atomic E-state index is 11.9. The van der Waals surface area contributed by atoms with Gasteiger partial charge in [-0.2, -0.15) is 0 Å². The second-order valence-electron chi connectivity index (χ2n) is 5.19. The Morgan fingerprint density at radius 2 is 2.29 bits per heavy atom. The van der Waals surface area contributed by atoms with Gasteiger partial charge in [0.2, 0.25) is 11.8 Å². The van der Waals surface area contributed by atoms with Crippen LogP contribution in [0.1, 0.15) is 26.2 Å². The number of hydrogen-bond donors (Lipinski definition) is 1. The lowest BCUT2D eigenvalue weighted by Crippen LogP contribution is -2.40. The van der Waals surface area contributed by atoms with Crippen molar-refractivity contribution in [2.75, 3.05) is 26.2 Å². The summed E-state index contributed by atoms with van der Waals surface area (Å²) in [5.74, 6) is 0.424. The first-order valence-corrected chi connectivity index (χ1v) is 6.39. The molecule has 2 heterocycles. The summed E-state index contributed by atoms with van der Waals surface area (Å²) in [5.41, 5.74) is 5.86. The molecule has 2 N–H and O–H groups in total. The lowest BCUT2D eigenvalue weighted by molar-refractivity contribution is -0.142. The summed E-state index contributed by atoms with van der Waals surface area (Å²) in [4.78, 5) is 26.9. The number of carbonyl (C=O) groups excluding carboxylic acids is 2. The second-order valence-corrected chi connectivity index (χ2v) is 5.19. The molecule has 2 rings (SSSR count). The van der Waals surface area contributed by atoms with Crippen molar-refractivity contribution in [3.63, 3.8) is 0 Å².